The molecule has 19 heavy (non-hydrogen) atoms. The molecular weight excluding hydrogens is 327 g/mol. The first-order valence-corrected chi connectivity index (χ1v) is 8.48. The van der Waals surface area contributed by atoms with Crippen molar-refractivity contribution in [1.82, 2.24) is 9.62 Å². The van der Waals surface area contributed by atoms with Gasteiger partial charge in [0, 0.05) is 25.2 Å². The summed E-state index contributed by atoms with van der Waals surface area (Å²) in [4.78, 5) is 0. The number of hydrogen-bond acceptors (Lipinski definition) is 4. The molecule has 1 aliphatic heterocycles. The average Bonchev–Trinajstić information content (AvgIpc) is 2.63. The van der Waals surface area contributed by atoms with E-state index in [0.29, 0.717) is 21.6 Å². The minimum absolute atomic E-state index is 0. The SMILES string of the molecule is Cc1cc(S(=O)(=O)N2CCNC(C)C2C)sc1Cl.Cl. The van der Waals surface area contributed by atoms with Crippen LogP contribution in [0.3, 0.4) is 0 Å². The van der Waals surface area contributed by atoms with Gasteiger partial charge in [-0.15, -0.1) is 23.7 Å². The van der Waals surface area contributed by atoms with Gasteiger partial charge in [0.15, 0.2) is 0 Å². The second kappa shape index (κ2) is 6.28. The topological polar surface area (TPSA) is 49.4 Å². The molecule has 8 heteroatoms. The van der Waals surface area contributed by atoms with Crippen molar-refractivity contribution < 1.29 is 8.42 Å². The first kappa shape index (κ1) is 17.2. The molecule has 1 aromatic rings. The highest BCUT2D eigenvalue weighted by Gasteiger charge is 2.35. The molecule has 110 valence electrons. The van der Waals surface area contributed by atoms with Gasteiger partial charge in [-0.2, -0.15) is 4.31 Å². The zero-order chi connectivity index (χ0) is 13.5. The third-order valence-corrected chi connectivity index (χ3v) is 7.36. The lowest BCUT2D eigenvalue weighted by molar-refractivity contribution is 0.233. The Balaban J connectivity index is 0.00000180. The van der Waals surface area contributed by atoms with E-state index in [4.69, 9.17) is 11.6 Å². The molecule has 0 spiro atoms. The van der Waals surface area contributed by atoms with E-state index in [1.165, 1.54) is 0 Å². The Bertz CT molecular complexity index is 525. The van der Waals surface area contributed by atoms with E-state index in [0.717, 1.165) is 16.9 Å². The summed E-state index contributed by atoms with van der Waals surface area (Å²) in [7, 11) is -3.42. The van der Waals surface area contributed by atoms with Gasteiger partial charge in [-0.05, 0) is 32.4 Å². The highest BCUT2D eigenvalue weighted by molar-refractivity contribution is 7.91. The normalized spacial score (nSPS) is 25.1. The summed E-state index contributed by atoms with van der Waals surface area (Å²) in [6, 6.07) is 1.76. The van der Waals surface area contributed by atoms with E-state index in [9.17, 15) is 8.42 Å². The number of rotatable bonds is 2. The molecular formula is C11H18Cl2N2O2S2. The standard InChI is InChI=1S/C11H17ClN2O2S2.ClH/c1-7-6-10(17-11(7)12)18(15,16)14-5-4-13-8(2)9(14)3;/h6,8-9,13H,4-5H2,1-3H3;1H. The lowest BCUT2D eigenvalue weighted by Gasteiger charge is -2.37. The van der Waals surface area contributed by atoms with Crippen molar-refractivity contribution in [3.63, 3.8) is 0 Å². The fourth-order valence-corrected chi connectivity index (χ4v) is 5.58. The van der Waals surface area contributed by atoms with Gasteiger partial charge in [-0.3, -0.25) is 0 Å². The molecule has 1 aliphatic rings. The van der Waals surface area contributed by atoms with Gasteiger partial charge in [0.05, 0.1) is 4.34 Å². The third kappa shape index (κ3) is 3.25. The third-order valence-electron chi connectivity index (χ3n) is 3.37. The molecule has 0 radical (unpaired) electrons. The minimum atomic E-state index is -3.42. The molecule has 0 saturated carbocycles. The molecule has 2 unspecified atom stereocenters. The molecule has 4 nitrogen and oxygen atoms in total. The zero-order valence-electron chi connectivity index (χ0n) is 11.0. The van der Waals surface area contributed by atoms with Crippen molar-refractivity contribution in [3.05, 3.63) is 16.0 Å². The number of halogens is 2. The Hall–Kier alpha value is 0.150. The van der Waals surface area contributed by atoms with Gasteiger partial charge in [-0.25, -0.2) is 8.42 Å². The monoisotopic (exact) mass is 344 g/mol. The molecule has 0 amide bonds. The first-order valence-electron chi connectivity index (χ1n) is 5.85. The molecule has 2 heterocycles. The molecule has 0 aliphatic carbocycles. The molecule has 0 bridgehead atoms. The molecule has 1 N–H and O–H groups in total. The largest absolute Gasteiger partial charge is 0.311 e. The van der Waals surface area contributed by atoms with E-state index in [1.807, 2.05) is 20.8 Å². The number of nitrogens with one attached hydrogen (secondary N) is 1. The van der Waals surface area contributed by atoms with Crippen LogP contribution in [0.2, 0.25) is 4.34 Å². The van der Waals surface area contributed by atoms with E-state index in [-0.39, 0.29) is 24.5 Å². The van der Waals surface area contributed by atoms with Crippen LogP contribution < -0.4 is 5.32 Å². The van der Waals surface area contributed by atoms with Crippen LogP contribution in [-0.2, 0) is 10.0 Å². The second-order valence-corrected chi connectivity index (χ2v) is 8.39. The zero-order valence-corrected chi connectivity index (χ0v) is 14.2. The van der Waals surface area contributed by atoms with Gasteiger partial charge >= 0.3 is 0 Å². The van der Waals surface area contributed by atoms with Gasteiger partial charge in [-0.1, -0.05) is 11.6 Å². The highest BCUT2D eigenvalue weighted by atomic mass is 35.5. The van der Waals surface area contributed by atoms with Crippen molar-refractivity contribution in [2.75, 3.05) is 13.1 Å². The van der Waals surface area contributed by atoms with Gasteiger partial charge in [0.25, 0.3) is 10.0 Å². The van der Waals surface area contributed by atoms with Crippen molar-refractivity contribution in [2.45, 2.75) is 37.1 Å². The maximum Gasteiger partial charge on any atom is 0.252 e. The van der Waals surface area contributed by atoms with Crippen LogP contribution in [0.25, 0.3) is 0 Å². The molecule has 1 saturated heterocycles. The fourth-order valence-electron chi connectivity index (χ4n) is 2.04. The van der Waals surface area contributed by atoms with Crippen molar-refractivity contribution in [1.29, 1.82) is 0 Å². The molecule has 1 aromatic heterocycles. The predicted molar refractivity (Wildman–Crippen MR) is 82.1 cm³/mol. The van der Waals surface area contributed by atoms with E-state index >= 15 is 0 Å². The summed E-state index contributed by atoms with van der Waals surface area (Å²) in [5, 5.41) is 3.27. The second-order valence-electron chi connectivity index (χ2n) is 4.62. The quantitative estimate of drug-likeness (QED) is 0.896. The summed E-state index contributed by atoms with van der Waals surface area (Å²) >= 11 is 7.10. The molecule has 1 fully saturated rings. The predicted octanol–water partition coefficient (Wildman–Crippen LogP) is 2.50. The smallest absolute Gasteiger partial charge is 0.252 e. The van der Waals surface area contributed by atoms with E-state index < -0.39 is 10.0 Å². The van der Waals surface area contributed by atoms with Crippen LogP contribution in [0.1, 0.15) is 19.4 Å². The van der Waals surface area contributed by atoms with Crippen molar-refractivity contribution in [2.24, 2.45) is 0 Å². The summed E-state index contributed by atoms with van der Waals surface area (Å²) in [5.74, 6) is 0. The maximum absolute atomic E-state index is 12.6. The van der Waals surface area contributed by atoms with Gasteiger partial charge in [0.2, 0.25) is 0 Å². The summed E-state index contributed by atoms with van der Waals surface area (Å²) in [6.45, 7) is 6.93. The molecule has 0 aromatic carbocycles. The van der Waals surface area contributed by atoms with Crippen molar-refractivity contribution >= 4 is 45.4 Å². The number of piperazine rings is 1. The Morgan fingerprint density at radius 3 is 2.63 bits per heavy atom. The summed E-state index contributed by atoms with van der Waals surface area (Å²) < 4.78 is 27.6. The maximum atomic E-state index is 12.6. The highest BCUT2D eigenvalue weighted by Crippen LogP contribution is 2.33. The van der Waals surface area contributed by atoms with Crippen LogP contribution in [-0.4, -0.2) is 37.9 Å². The van der Waals surface area contributed by atoms with Gasteiger partial charge in [0.1, 0.15) is 4.21 Å². The van der Waals surface area contributed by atoms with Crippen LogP contribution in [0.15, 0.2) is 10.3 Å². The minimum Gasteiger partial charge on any atom is -0.311 e. The number of aryl methyl sites for hydroxylation is 1. The molecule has 2 rings (SSSR count). The summed E-state index contributed by atoms with van der Waals surface area (Å²) in [5.41, 5.74) is 0.816. The number of sulfonamides is 1. The van der Waals surface area contributed by atoms with Crippen LogP contribution in [0, 0.1) is 6.92 Å². The van der Waals surface area contributed by atoms with Crippen LogP contribution in [0.5, 0.6) is 0 Å². The Morgan fingerprint density at radius 1 is 1.47 bits per heavy atom. The Morgan fingerprint density at radius 2 is 2.11 bits per heavy atom. The number of nitrogens with zero attached hydrogens (tertiary/aromatic N) is 1. The average molecular weight is 345 g/mol. The Kier molecular flexibility index (Phi) is 5.69. The number of hydrogen-bond donors (Lipinski definition) is 1. The lowest BCUT2D eigenvalue weighted by atomic mass is 10.1. The van der Waals surface area contributed by atoms with E-state index in [2.05, 4.69) is 5.32 Å². The fraction of sp³-hybridized carbons (Fsp3) is 0.636. The van der Waals surface area contributed by atoms with Gasteiger partial charge < -0.3 is 5.32 Å². The van der Waals surface area contributed by atoms with E-state index in [1.54, 1.807) is 10.4 Å². The number of thiophene rings is 1. The first-order chi connectivity index (χ1) is 8.34. The lowest BCUT2D eigenvalue weighted by Crippen LogP contribution is -2.56. The van der Waals surface area contributed by atoms with Crippen LogP contribution in [0.4, 0.5) is 0 Å². The molecule has 2 atom stereocenters. The van der Waals surface area contributed by atoms with Crippen LogP contribution >= 0.6 is 35.3 Å². The Labute approximate surface area is 129 Å². The van der Waals surface area contributed by atoms with Crippen molar-refractivity contribution in [3.8, 4) is 0 Å². The summed E-state index contributed by atoms with van der Waals surface area (Å²) in [6.07, 6.45) is 0.